The van der Waals surface area contributed by atoms with Crippen LogP contribution in [0.4, 0.5) is 11.4 Å². The molecule has 1 saturated carbocycles. The van der Waals surface area contributed by atoms with E-state index in [-0.39, 0.29) is 22.8 Å². The molecule has 176 valence electrons. The summed E-state index contributed by atoms with van der Waals surface area (Å²) >= 11 is 0. The molecule has 2 heterocycles. The van der Waals surface area contributed by atoms with E-state index in [1.807, 2.05) is 49.0 Å². The second-order valence-corrected chi connectivity index (χ2v) is 10.6. The standard InChI is InChI=1S/C28H32N4O2/c1-16-12-20-21(13-17(16)2)30-26(25-22(29-20)14-28(4,5)15-23(25)33)24-18(3)31(6)32(27(24)34)19-10-8-7-9-11-19/h7-13,22,25,29H,14-15H2,1-6H3. The molecule has 0 radical (unpaired) electrons. The molecule has 5 rings (SSSR count). The van der Waals surface area contributed by atoms with Gasteiger partial charge in [-0.15, -0.1) is 0 Å². The van der Waals surface area contributed by atoms with Crippen LogP contribution < -0.4 is 10.9 Å². The molecule has 2 aliphatic rings. The Morgan fingerprint density at radius 2 is 1.71 bits per heavy atom. The number of para-hydroxylation sites is 1. The molecular weight excluding hydrogens is 424 g/mol. The van der Waals surface area contributed by atoms with Gasteiger partial charge in [-0.25, -0.2) is 9.67 Å². The summed E-state index contributed by atoms with van der Waals surface area (Å²) in [5.41, 5.74) is 6.46. The summed E-state index contributed by atoms with van der Waals surface area (Å²) in [7, 11) is 1.88. The van der Waals surface area contributed by atoms with Crippen molar-refractivity contribution < 1.29 is 4.79 Å². The minimum Gasteiger partial charge on any atom is -0.379 e. The van der Waals surface area contributed by atoms with Gasteiger partial charge in [0, 0.05) is 25.2 Å². The summed E-state index contributed by atoms with van der Waals surface area (Å²) in [4.78, 5) is 32.6. The van der Waals surface area contributed by atoms with Crippen LogP contribution in [0.1, 0.15) is 49.1 Å². The summed E-state index contributed by atoms with van der Waals surface area (Å²) in [5, 5.41) is 3.66. The first-order chi connectivity index (χ1) is 16.1. The fourth-order valence-electron chi connectivity index (χ4n) is 5.55. The summed E-state index contributed by atoms with van der Waals surface area (Å²) in [5.74, 6) is -0.332. The van der Waals surface area contributed by atoms with Crippen LogP contribution in [-0.2, 0) is 11.8 Å². The second-order valence-electron chi connectivity index (χ2n) is 10.6. The Morgan fingerprint density at radius 3 is 2.41 bits per heavy atom. The maximum Gasteiger partial charge on any atom is 0.280 e. The van der Waals surface area contributed by atoms with Crippen molar-refractivity contribution in [1.82, 2.24) is 9.36 Å². The number of aromatic nitrogens is 2. The molecule has 2 aromatic carbocycles. The highest BCUT2D eigenvalue weighted by Gasteiger charge is 2.46. The van der Waals surface area contributed by atoms with Gasteiger partial charge in [0.1, 0.15) is 5.78 Å². The third-order valence-electron chi connectivity index (χ3n) is 7.47. The fraction of sp³-hybridized carbons (Fsp3) is 0.393. The van der Waals surface area contributed by atoms with Crippen LogP contribution in [0.15, 0.2) is 52.3 Å². The molecule has 3 aromatic rings. The van der Waals surface area contributed by atoms with E-state index in [4.69, 9.17) is 4.99 Å². The Labute approximate surface area is 200 Å². The van der Waals surface area contributed by atoms with Gasteiger partial charge >= 0.3 is 0 Å². The Bertz CT molecular complexity index is 1390. The molecule has 1 aromatic heterocycles. The van der Waals surface area contributed by atoms with Gasteiger partial charge in [-0.3, -0.25) is 14.3 Å². The SMILES string of the molecule is Cc1cc2c(cc1C)NC1CC(C)(C)CC(=O)C1C(c1c(C)n(C)n(-c3ccccc3)c1=O)=N2. The van der Waals surface area contributed by atoms with E-state index in [9.17, 15) is 9.59 Å². The van der Waals surface area contributed by atoms with E-state index < -0.39 is 5.92 Å². The number of Topliss-reactive ketones (excluding diaryl/α,β-unsaturated/α-hetero) is 1. The highest BCUT2D eigenvalue weighted by molar-refractivity contribution is 6.17. The quantitative estimate of drug-likeness (QED) is 0.589. The van der Waals surface area contributed by atoms with Crippen molar-refractivity contribution in [2.24, 2.45) is 23.4 Å². The van der Waals surface area contributed by atoms with Crippen LogP contribution >= 0.6 is 0 Å². The van der Waals surface area contributed by atoms with E-state index in [1.165, 1.54) is 5.56 Å². The Morgan fingerprint density at radius 1 is 1.03 bits per heavy atom. The van der Waals surface area contributed by atoms with Crippen LogP contribution in [0.25, 0.3) is 5.69 Å². The van der Waals surface area contributed by atoms with E-state index >= 15 is 0 Å². The first-order valence-electron chi connectivity index (χ1n) is 11.9. The molecular formula is C28H32N4O2. The molecule has 2 atom stereocenters. The number of ketones is 1. The number of hydrogen-bond donors (Lipinski definition) is 1. The molecule has 2 unspecified atom stereocenters. The van der Waals surface area contributed by atoms with Crippen LogP contribution in [0.3, 0.4) is 0 Å². The van der Waals surface area contributed by atoms with Gasteiger partial charge in [0.2, 0.25) is 0 Å². The molecule has 1 fully saturated rings. The first kappa shape index (κ1) is 22.4. The Balaban J connectivity index is 1.78. The molecule has 0 bridgehead atoms. The number of hydrogen-bond acceptors (Lipinski definition) is 4. The minimum atomic E-state index is -0.473. The Hall–Kier alpha value is -3.41. The maximum absolute atomic E-state index is 13.9. The van der Waals surface area contributed by atoms with Crippen molar-refractivity contribution in [2.75, 3.05) is 5.32 Å². The number of anilines is 1. The summed E-state index contributed by atoms with van der Waals surface area (Å²) < 4.78 is 3.53. The number of aliphatic imine (C=N–C) groups is 1. The molecule has 1 aliphatic heterocycles. The number of nitrogens with one attached hydrogen (secondary N) is 1. The maximum atomic E-state index is 13.9. The number of rotatable bonds is 2. The van der Waals surface area contributed by atoms with E-state index in [2.05, 4.69) is 45.1 Å². The lowest BCUT2D eigenvalue weighted by Gasteiger charge is -2.39. The zero-order chi connectivity index (χ0) is 24.4. The van der Waals surface area contributed by atoms with E-state index in [0.29, 0.717) is 17.7 Å². The van der Waals surface area contributed by atoms with Gasteiger partial charge in [-0.1, -0.05) is 32.0 Å². The highest BCUT2D eigenvalue weighted by atomic mass is 16.1. The molecule has 1 N–H and O–H groups in total. The molecule has 6 heteroatoms. The number of aryl methyl sites for hydroxylation is 2. The molecule has 34 heavy (non-hydrogen) atoms. The van der Waals surface area contributed by atoms with Crippen molar-refractivity contribution in [3.8, 4) is 5.69 Å². The normalized spacial score (nSPS) is 21.2. The van der Waals surface area contributed by atoms with Crippen molar-refractivity contribution in [2.45, 2.75) is 53.5 Å². The summed E-state index contributed by atoms with van der Waals surface area (Å²) in [6.07, 6.45) is 1.30. The monoisotopic (exact) mass is 456 g/mol. The average molecular weight is 457 g/mol. The van der Waals surface area contributed by atoms with Crippen LogP contribution in [0.5, 0.6) is 0 Å². The smallest absolute Gasteiger partial charge is 0.280 e. The highest BCUT2D eigenvalue weighted by Crippen LogP contribution is 2.43. The molecule has 0 amide bonds. The first-order valence-corrected chi connectivity index (χ1v) is 11.9. The number of fused-ring (bicyclic) bond motifs is 2. The number of nitrogens with zero attached hydrogens (tertiary/aromatic N) is 3. The van der Waals surface area contributed by atoms with Gasteiger partial charge in [0.25, 0.3) is 5.56 Å². The van der Waals surface area contributed by atoms with Crippen molar-refractivity contribution in [1.29, 1.82) is 0 Å². The Kier molecular flexibility index (Phi) is 5.15. The third-order valence-corrected chi connectivity index (χ3v) is 7.47. The average Bonchev–Trinajstić information content (AvgIpc) is 2.88. The van der Waals surface area contributed by atoms with E-state index in [0.717, 1.165) is 34.7 Å². The lowest BCUT2D eigenvalue weighted by atomic mass is 9.67. The summed E-state index contributed by atoms with van der Waals surface area (Å²) in [6.45, 7) is 10.4. The van der Waals surface area contributed by atoms with Crippen molar-refractivity contribution in [3.05, 3.63) is 75.2 Å². The summed E-state index contributed by atoms with van der Waals surface area (Å²) in [6, 6.07) is 13.6. The van der Waals surface area contributed by atoms with Crippen LogP contribution in [-0.4, -0.2) is 26.9 Å². The zero-order valence-electron chi connectivity index (χ0n) is 20.8. The topological polar surface area (TPSA) is 68.4 Å². The zero-order valence-corrected chi connectivity index (χ0v) is 20.8. The predicted octanol–water partition coefficient (Wildman–Crippen LogP) is 5.02. The third kappa shape index (κ3) is 3.52. The number of carbonyl (C=O) groups is 1. The van der Waals surface area contributed by atoms with Crippen molar-refractivity contribution >= 4 is 22.9 Å². The lowest BCUT2D eigenvalue weighted by Crippen LogP contribution is -2.48. The number of benzene rings is 2. The molecule has 0 saturated heterocycles. The molecule has 1 aliphatic carbocycles. The van der Waals surface area contributed by atoms with Gasteiger partial charge in [0.05, 0.1) is 34.3 Å². The minimum absolute atomic E-state index is 0.115. The van der Waals surface area contributed by atoms with Gasteiger partial charge in [-0.05, 0) is 68.0 Å². The van der Waals surface area contributed by atoms with Crippen LogP contribution in [0, 0.1) is 32.1 Å². The predicted molar refractivity (Wildman–Crippen MR) is 137 cm³/mol. The van der Waals surface area contributed by atoms with Gasteiger partial charge < -0.3 is 5.32 Å². The largest absolute Gasteiger partial charge is 0.379 e. The van der Waals surface area contributed by atoms with Gasteiger partial charge in [0.15, 0.2) is 0 Å². The fourth-order valence-corrected chi connectivity index (χ4v) is 5.55. The lowest BCUT2D eigenvalue weighted by molar-refractivity contribution is -0.125. The van der Waals surface area contributed by atoms with Gasteiger partial charge in [-0.2, -0.15) is 0 Å². The number of carbonyl (C=O) groups excluding carboxylic acids is 1. The van der Waals surface area contributed by atoms with E-state index in [1.54, 1.807) is 4.68 Å². The molecule has 0 spiro atoms. The second kappa shape index (κ2) is 7.83. The van der Waals surface area contributed by atoms with Crippen LogP contribution in [0.2, 0.25) is 0 Å². The van der Waals surface area contributed by atoms with Crippen molar-refractivity contribution in [3.63, 3.8) is 0 Å². The molecule has 6 nitrogen and oxygen atoms in total.